The number of rotatable bonds is 5. The van der Waals surface area contributed by atoms with Crippen molar-refractivity contribution in [3.8, 4) is 11.5 Å². The van der Waals surface area contributed by atoms with Crippen LogP contribution in [0.25, 0.3) is 0 Å². The summed E-state index contributed by atoms with van der Waals surface area (Å²) in [6, 6.07) is 8.70. The first-order chi connectivity index (χ1) is 11.4. The number of hydrogen-bond donors (Lipinski definition) is 2. The molecular formula is C17H16BrClN2O3. The second-order valence-electron chi connectivity index (χ2n) is 5.15. The third kappa shape index (κ3) is 4.97. The molecule has 1 amide bonds. The van der Waals surface area contributed by atoms with E-state index < -0.39 is 5.91 Å². The average molecular weight is 412 g/mol. The zero-order chi connectivity index (χ0) is 17.7. The minimum absolute atomic E-state index is 0.0104. The maximum Gasteiger partial charge on any atom is 0.277 e. The SMILES string of the molecule is Cc1ccc(OCC(=O)N/N=C/c2cc(Cl)cc(Br)c2O)cc1C. The fourth-order valence-corrected chi connectivity index (χ4v) is 2.68. The first-order valence-electron chi connectivity index (χ1n) is 7.07. The number of nitrogens with one attached hydrogen (secondary N) is 1. The van der Waals surface area contributed by atoms with Gasteiger partial charge in [-0.2, -0.15) is 5.10 Å². The van der Waals surface area contributed by atoms with Gasteiger partial charge in [-0.3, -0.25) is 4.79 Å². The summed E-state index contributed by atoms with van der Waals surface area (Å²) in [6.45, 7) is 3.82. The van der Waals surface area contributed by atoms with Crippen LogP contribution in [-0.2, 0) is 4.79 Å². The Labute approximate surface area is 153 Å². The summed E-state index contributed by atoms with van der Waals surface area (Å²) in [5.41, 5.74) is 4.96. The van der Waals surface area contributed by atoms with Crippen molar-refractivity contribution in [2.24, 2.45) is 5.10 Å². The van der Waals surface area contributed by atoms with Gasteiger partial charge in [-0.1, -0.05) is 17.7 Å². The van der Waals surface area contributed by atoms with E-state index in [0.29, 0.717) is 20.8 Å². The smallest absolute Gasteiger partial charge is 0.277 e. The third-order valence-electron chi connectivity index (χ3n) is 3.30. The largest absolute Gasteiger partial charge is 0.506 e. The van der Waals surface area contributed by atoms with Crippen molar-refractivity contribution >= 4 is 39.7 Å². The van der Waals surface area contributed by atoms with Crippen molar-refractivity contribution in [1.82, 2.24) is 5.43 Å². The standard InChI is InChI=1S/C17H16BrClN2O3/c1-10-3-4-14(5-11(10)2)24-9-16(22)21-20-8-12-6-13(19)7-15(18)17(12)23/h3-8,23H,9H2,1-2H3,(H,21,22)/b20-8+. The van der Waals surface area contributed by atoms with E-state index in [0.717, 1.165) is 11.1 Å². The van der Waals surface area contributed by atoms with Crippen molar-refractivity contribution < 1.29 is 14.6 Å². The molecule has 0 aliphatic carbocycles. The Morgan fingerprint density at radius 3 is 2.79 bits per heavy atom. The molecule has 0 aliphatic heterocycles. The summed E-state index contributed by atoms with van der Waals surface area (Å²) in [6.07, 6.45) is 1.31. The van der Waals surface area contributed by atoms with E-state index in [2.05, 4.69) is 26.5 Å². The Morgan fingerprint density at radius 2 is 2.08 bits per heavy atom. The summed E-state index contributed by atoms with van der Waals surface area (Å²) in [5, 5.41) is 14.1. The van der Waals surface area contributed by atoms with Crippen molar-refractivity contribution in [2.45, 2.75) is 13.8 Å². The summed E-state index contributed by atoms with van der Waals surface area (Å²) < 4.78 is 5.85. The lowest BCUT2D eigenvalue weighted by Crippen LogP contribution is -2.24. The Bertz CT molecular complexity index is 794. The van der Waals surface area contributed by atoms with Gasteiger partial charge in [-0.05, 0) is 65.2 Å². The molecule has 0 saturated heterocycles. The number of phenols is 1. The number of aromatic hydroxyl groups is 1. The molecule has 126 valence electrons. The van der Waals surface area contributed by atoms with Gasteiger partial charge in [0.1, 0.15) is 11.5 Å². The Kier molecular flexibility index (Phi) is 6.23. The molecule has 2 aromatic rings. The quantitative estimate of drug-likeness (QED) is 0.578. The second kappa shape index (κ2) is 8.17. The van der Waals surface area contributed by atoms with Gasteiger partial charge < -0.3 is 9.84 Å². The maximum atomic E-state index is 11.7. The highest BCUT2D eigenvalue weighted by atomic mass is 79.9. The molecule has 0 saturated carbocycles. The molecule has 0 heterocycles. The van der Waals surface area contributed by atoms with Gasteiger partial charge in [-0.25, -0.2) is 5.43 Å². The number of aryl methyl sites for hydroxylation is 2. The van der Waals surface area contributed by atoms with Gasteiger partial charge in [0.15, 0.2) is 6.61 Å². The Morgan fingerprint density at radius 1 is 1.33 bits per heavy atom. The molecule has 24 heavy (non-hydrogen) atoms. The lowest BCUT2D eigenvalue weighted by Gasteiger charge is -2.07. The molecule has 0 unspecified atom stereocenters. The molecule has 2 rings (SSSR count). The van der Waals surface area contributed by atoms with E-state index in [1.165, 1.54) is 12.3 Å². The summed E-state index contributed by atoms with van der Waals surface area (Å²) >= 11 is 9.07. The summed E-state index contributed by atoms with van der Waals surface area (Å²) in [5.74, 6) is 0.197. The number of halogens is 2. The van der Waals surface area contributed by atoms with E-state index in [-0.39, 0.29) is 12.4 Å². The first kappa shape index (κ1) is 18.3. The van der Waals surface area contributed by atoms with Crippen molar-refractivity contribution in [3.05, 3.63) is 56.5 Å². The highest BCUT2D eigenvalue weighted by molar-refractivity contribution is 9.10. The molecule has 2 N–H and O–H groups in total. The normalized spacial score (nSPS) is 10.8. The molecule has 0 aliphatic rings. The Hall–Kier alpha value is -2.05. The number of phenolic OH excluding ortho intramolecular Hbond substituents is 1. The van der Waals surface area contributed by atoms with Crippen LogP contribution in [0.15, 0.2) is 39.9 Å². The van der Waals surface area contributed by atoms with Gasteiger partial charge in [0.2, 0.25) is 0 Å². The third-order valence-corrected chi connectivity index (χ3v) is 4.12. The van der Waals surface area contributed by atoms with Crippen LogP contribution in [0.1, 0.15) is 16.7 Å². The molecule has 2 aromatic carbocycles. The fourth-order valence-electron chi connectivity index (χ4n) is 1.84. The number of nitrogens with zero attached hydrogens (tertiary/aromatic N) is 1. The minimum Gasteiger partial charge on any atom is -0.506 e. The van der Waals surface area contributed by atoms with E-state index in [9.17, 15) is 9.90 Å². The number of amides is 1. The topological polar surface area (TPSA) is 70.9 Å². The van der Waals surface area contributed by atoms with Crippen LogP contribution in [0.3, 0.4) is 0 Å². The van der Waals surface area contributed by atoms with Crippen LogP contribution in [0.2, 0.25) is 5.02 Å². The molecule has 0 fully saturated rings. The summed E-state index contributed by atoms with van der Waals surface area (Å²) in [4.78, 5) is 11.7. The first-order valence-corrected chi connectivity index (χ1v) is 8.24. The molecule has 0 radical (unpaired) electrons. The summed E-state index contributed by atoms with van der Waals surface area (Å²) in [7, 11) is 0. The minimum atomic E-state index is -0.412. The van der Waals surface area contributed by atoms with Gasteiger partial charge in [0.25, 0.3) is 5.91 Å². The predicted molar refractivity (Wildman–Crippen MR) is 98.0 cm³/mol. The van der Waals surface area contributed by atoms with Gasteiger partial charge >= 0.3 is 0 Å². The maximum absolute atomic E-state index is 11.7. The van der Waals surface area contributed by atoms with Gasteiger partial charge in [0, 0.05) is 10.6 Å². The number of carbonyl (C=O) groups excluding carboxylic acids is 1. The number of hydrazone groups is 1. The highest BCUT2D eigenvalue weighted by Gasteiger charge is 2.06. The average Bonchev–Trinajstić information content (AvgIpc) is 2.53. The number of benzene rings is 2. The van der Waals surface area contributed by atoms with Crippen LogP contribution in [0.4, 0.5) is 0 Å². The fraction of sp³-hybridized carbons (Fsp3) is 0.176. The Balaban J connectivity index is 1.90. The second-order valence-corrected chi connectivity index (χ2v) is 6.44. The van der Waals surface area contributed by atoms with Crippen molar-refractivity contribution in [1.29, 1.82) is 0 Å². The van der Waals surface area contributed by atoms with E-state index in [1.807, 2.05) is 26.0 Å². The zero-order valence-corrected chi connectivity index (χ0v) is 15.5. The van der Waals surface area contributed by atoms with Crippen LogP contribution in [0, 0.1) is 13.8 Å². The van der Waals surface area contributed by atoms with Gasteiger partial charge in [0.05, 0.1) is 10.7 Å². The lowest BCUT2D eigenvalue weighted by molar-refractivity contribution is -0.123. The van der Waals surface area contributed by atoms with E-state index in [4.69, 9.17) is 16.3 Å². The molecule has 0 spiro atoms. The van der Waals surface area contributed by atoms with Crippen LogP contribution < -0.4 is 10.2 Å². The molecule has 7 heteroatoms. The molecule has 0 aromatic heterocycles. The van der Waals surface area contributed by atoms with Crippen LogP contribution >= 0.6 is 27.5 Å². The lowest BCUT2D eigenvalue weighted by atomic mass is 10.1. The van der Waals surface area contributed by atoms with E-state index in [1.54, 1.807) is 12.1 Å². The van der Waals surface area contributed by atoms with Crippen molar-refractivity contribution in [2.75, 3.05) is 6.61 Å². The van der Waals surface area contributed by atoms with Crippen molar-refractivity contribution in [3.63, 3.8) is 0 Å². The predicted octanol–water partition coefficient (Wildman–Crippen LogP) is 3.95. The number of hydrogen-bond acceptors (Lipinski definition) is 4. The number of carbonyl (C=O) groups is 1. The molecule has 0 bridgehead atoms. The molecule has 0 atom stereocenters. The highest BCUT2D eigenvalue weighted by Crippen LogP contribution is 2.30. The van der Waals surface area contributed by atoms with Crippen LogP contribution in [0.5, 0.6) is 11.5 Å². The van der Waals surface area contributed by atoms with Crippen LogP contribution in [-0.4, -0.2) is 23.8 Å². The molecule has 5 nitrogen and oxygen atoms in total. The van der Waals surface area contributed by atoms with E-state index >= 15 is 0 Å². The van der Waals surface area contributed by atoms with Gasteiger partial charge in [-0.15, -0.1) is 0 Å². The zero-order valence-electron chi connectivity index (χ0n) is 13.1. The monoisotopic (exact) mass is 410 g/mol. The number of ether oxygens (including phenoxy) is 1. The molecular weight excluding hydrogens is 396 g/mol.